The summed E-state index contributed by atoms with van der Waals surface area (Å²) in [5.74, 6) is -1.52. The lowest BCUT2D eigenvalue weighted by Crippen LogP contribution is -2.34. The second-order valence-electron chi connectivity index (χ2n) is 5.27. The molecule has 0 radical (unpaired) electrons. The van der Waals surface area contributed by atoms with Gasteiger partial charge in [-0.3, -0.25) is 9.59 Å². The van der Waals surface area contributed by atoms with E-state index in [0.717, 1.165) is 22.2 Å². The van der Waals surface area contributed by atoms with Gasteiger partial charge in [0.2, 0.25) is 0 Å². The third-order valence-corrected chi connectivity index (χ3v) is 4.49. The predicted octanol–water partition coefficient (Wildman–Crippen LogP) is 3.33. The highest BCUT2D eigenvalue weighted by atomic mass is 32.2. The maximum Gasteiger partial charge on any atom is 0.337 e. The lowest BCUT2D eigenvalue weighted by Gasteiger charge is -2.16. The molecule has 1 saturated heterocycles. The summed E-state index contributed by atoms with van der Waals surface area (Å²) in [6.07, 6.45) is 0. The fourth-order valence-electron chi connectivity index (χ4n) is 2.44. The van der Waals surface area contributed by atoms with E-state index >= 15 is 0 Å². The monoisotopic (exact) mass is 342 g/mol. The van der Waals surface area contributed by atoms with Gasteiger partial charge in [-0.2, -0.15) is 0 Å². The van der Waals surface area contributed by atoms with Gasteiger partial charge in [0.25, 0.3) is 11.1 Å². The summed E-state index contributed by atoms with van der Waals surface area (Å²) in [6.45, 7) is 1.88. The number of thioether (sulfide) groups is 1. The van der Waals surface area contributed by atoms with Crippen LogP contribution in [0.2, 0.25) is 0 Å². The molecule has 3 rings (SSSR count). The molecule has 0 aromatic heterocycles. The molecule has 1 atom stereocenters. The van der Waals surface area contributed by atoms with Crippen LogP contribution in [0, 0.1) is 6.92 Å². The van der Waals surface area contributed by atoms with Crippen LogP contribution >= 0.6 is 11.8 Å². The first-order chi connectivity index (χ1) is 11.5. The molecule has 0 bridgehead atoms. The van der Waals surface area contributed by atoms with Crippen LogP contribution in [0.1, 0.15) is 15.9 Å². The van der Waals surface area contributed by atoms with Crippen molar-refractivity contribution in [3.05, 3.63) is 59.7 Å². The molecule has 1 aliphatic rings. The number of carboxylic acids is 1. The van der Waals surface area contributed by atoms with Crippen LogP contribution in [0.25, 0.3) is 0 Å². The number of nitrogens with zero attached hydrogens (tertiary/aromatic N) is 1. The number of aryl methyl sites for hydroxylation is 1. The molecule has 0 spiro atoms. The van der Waals surface area contributed by atoms with Gasteiger partial charge < -0.3 is 10.4 Å². The van der Waals surface area contributed by atoms with Crippen LogP contribution < -0.4 is 10.2 Å². The first kappa shape index (κ1) is 16.1. The maximum absolute atomic E-state index is 12.6. The number of imide groups is 1. The van der Waals surface area contributed by atoms with E-state index in [1.54, 1.807) is 36.4 Å². The van der Waals surface area contributed by atoms with Crippen LogP contribution in [-0.2, 0) is 4.79 Å². The summed E-state index contributed by atoms with van der Waals surface area (Å²) in [4.78, 5) is 37.2. The Hall–Kier alpha value is -2.80. The minimum Gasteiger partial charge on any atom is -0.478 e. The Morgan fingerprint density at radius 2 is 1.92 bits per heavy atom. The second-order valence-corrected chi connectivity index (χ2v) is 6.33. The summed E-state index contributed by atoms with van der Waals surface area (Å²) >= 11 is 0.831. The molecule has 0 saturated carbocycles. The van der Waals surface area contributed by atoms with Crippen molar-refractivity contribution in [2.45, 2.75) is 12.3 Å². The zero-order valence-corrected chi connectivity index (χ0v) is 13.5. The molecule has 2 amide bonds. The van der Waals surface area contributed by atoms with E-state index in [-0.39, 0.29) is 5.56 Å². The van der Waals surface area contributed by atoms with Gasteiger partial charge in [0, 0.05) is 5.69 Å². The first-order valence-corrected chi connectivity index (χ1v) is 8.05. The Kier molecular flexibility index (Phi) is 4.26. The summed E-state index contributed by atoms with van der Waals surface area (Å²) in [5, 5.41) is 10.8. The Balaban J connectivity index is 1.86. The summed E-state index contributed by atoms with van der Waals surface area (Å²) < 4.78 is 0. The molecule has 1 aliphatic heterocycles. The van der Waals surface area contributed by atoms with Crippen molar-refractivity contribution in [3.63, 3.8) is 0 Å². The first-order valence-electron chi connectivity index (χ1n) is 7.17. The largest absolute Gasteiger partial charge is 0.478 e. The maximum atomic E-state index is 12.6. The number of para-hydroxylation sites is 1. The molecule has 0 unspecified atom stereocenters. The molecule has 0 aliphatic carbocycles. The average Bonchev–Trinajstić information content (AvgIpc) is 2.81. The van der Waals surface area contributed by atoms with Crippen LogP contribution in [-0.4, -0.2) is 27.6 Å². The van der Waals surface area contributed by atoms with E-state index in [2.05, 4.69) is 5.32 Å². The molecule has 1 heterocycles. The normalized spacial score (nSPS) is 17.2. The number of anilines is 2. The van der Waals surface area contributed by atoms with Crippen LogP contribution in [0.3, 0.4) is 0 Å². The Morgan fingerprint density at radius 3 is 2.62 bits per heavy atom. The van der Waals surface area contributed by atoms with E-state index in [1.807, 2.05) is 13.0 Å². The third kappa shape index (κ3) is 2.98. The summed E-state index contributed by atoms with van der Waals surface area (Å²) in [5.41, 5.74) is 1.79. The van der Waals surface area contributed by atoms with E-state index in [1.165, 1.54) is 6.07 Å². The number of carbonyl (C=O) groups excluding carboxylic acids is 2. The van der Waals surface area contributed by atoms with Crippen LogP contribution in [0.4, 0.5) is 16.2 Å². The van der Waals surface area contributed by atoms with E-state index in [0.29, 0.717) is 11.4 Å². The van der Waals surface area contributed by atoms with Gasteiger partial charge >= 0.3 is 5.97 Å². The number of benzene rings is 2. The molecule has 122 valence electrons. The van der Waals surface area contributed by atoms with E-state index in [9.17, 15) is 19.5 Å². The molecule has 2 aromatic carbocycles. The van der Waals surface area contributed by atoms with Crippen molar-refractivity contribution >= 4 is 40.3 Å². The quantitative estimate of drug-likeness (QED) is 0.886. The zero-order valence-electron chi connectivity index (χ0n) is 12.7. The number of amides is 2. The van der Waals surface area contributed by atoms with Gasteiger partial charge in [0.15, 0.2) is 5.37 Å². The average molecular weight is 342 g/mol. The van der Waals surface area contributed by atoms with Crippen molar-refractivity contribution < 1.29 is 19.5 Å². The Bertz CT molecular complexity index is 837. The third-order valence-electron chi connectivity index (χ3n) is 3.55. The smallest absolute Gasteiger partial charge is 0.337 e. The summed E-state index contributed by atoms with van der Waals surface area (Å²) in [7, 11) is 0. The number of carbonyl (C=O) groups is 3. The van der Waals surface area contributed by atoms with Crippen LogP contribution in [0.5, 0.6) is 0 Å². The molecule has 6 nitrogen and oxygen atoms in total. The van der Waals surface area contributed by atoms with Crippen molar-refractivity contribution in [3.8, 4) is 0 Å². The number of hydrogen-bond donors (Lipinski definition) is 2. The lowest BCUT2D eigenvalue weighted by atomic mass is 10.2. The second kappa shape index (κ2) is 6.37. The number of hydrogen-bond acceptors (Lipinski definition) is 5. The Labute approximate surface area is 142 Å². The van der Waals surface area contributed by atoms with Gasteiger partial charge in [-0.25, -0.2) is 9.69 Å². The molecule has 2 N–H and O–H groups in total. The molecule has 24 heavy (non-hydrogen) atoms. The van der Waals surface area contributed by atoms with Gasteiger partial charge in [0.05, 0.1) is 11.3 Å². The minimum absolute atomic E-state index is 0.0485. The number of rotatable bonds is 4. The van der Waals surface area contributed by atoms with E-state index < -0.39 is 22.5 Å². The van der Waals surface area contributed by atoms with Gasteiger partial charge in [0.1, 0.15) is 0 Å². The zero-order chi connectivity index (χ0) is 17.3. The van der Waals surface area contributed by atoms with Gasteiger partial charge in [-0.1, -0.05) is 24.3 Å². The van der Waals surface area contributed by atoms with Gasteiger partial charge in [-0.05, 0) is 48.5 Å². The van der Waals surface area contributed by atoms with Crippen molar-refractivity contribution in [2.24, 2.45) is 0 Å². The standard InChI is InChI=1S/C17H14N2O4S/c1-10-5-4-6-11(9-10)19-15(20)14(24-17(19)23)18-13-8-3-2-7-12(13)16(21)22/h2-9,14,18H,1H3,(H,21,22)/t14-/m1/s1. The topological polar surface area (TPSA) is 86.7 Å². The molecule has 1 fully saturated rings. The number of nitrogens with one attached hydrogen (secondary N) is 1. The highest BCUT2D eigenvalue weighted by Gasteiger charge is 2.41. The fraction of sp³-hybridized carbons (Fsp3) is 0.118. The molecule has 7 heteroatoms. The van der Waals surface area contributed by atoms with Crippen LogP contribution in [0.15, 0.2) is 48.5 Å². The van der Waals surface area contributed by atoms with Gasteiger partial charge in [-0.15, -0.1) is 0 Å². The van der Waals surface area contributed by atoms with Crippen molar-refractivity contribution in [2.75, 3.05) is 10.2 Å². The van der Waals surface area contributed by atoms with Crippen molar-refractivity contribution in [1.82, 2.24) is 0 Å². The Morgan fingerprint density at radius 1 is 1.17 bits per heavy atom. The van der Waals surface area contributed by atoms with E-state index in [4.69, 9.17) is 0 Å². The fourth-order valence-corrected chi connectivity index (χ4v) is 3.33. The van der Waals surface area contributed by atoms with Crippen molar-refractivity contribution in [1.29, 1.82) is 0 Å². The highest BCUT2D eigenvalue weighted by molar-refractivity contribution is 8.16. The SMILES string of the molecule is Cc1cccc(N2C(=O)S[C@@H](Nc3ccccc3C(=O)O)C2=O)c1. The predicted molar refractivity (Wildman–Crippen MR) is 92.5 cm³/mol. The minimum atomic E-state index is -1.10. The number of aromatic carboxylic acids is 1. The molecular weight excluding hydrogens is 328 g/mol. The summed E-state index contributed by atoms with van der Waals surface area (Å²) in [6, 6.07) is 13.4. The highest BCUT2D eigenvalue weighted by Crippen LogP contribution is 2.33. The molecule has 2 aromatic rings. The number of carboxylic acid groups (broad SMARTS) is 1. The molecular formula is C17H14N2O4S. The lowest BCUT2D eigenvalue weighted by molar-refractivity contribution is -0.116.